The van der Waals surface area contributed by atoms with Crippen molar-refractivity contribution in [1.82, 2.24) is 0 Å². The van der Waals surface area contributed by atoms with E-state index in [1.807, 2.05) is 0 Å². The molecule has 0 aliphatic heterocycles. The average molecular weight is 223 g/mol. The first-order chi connectivity index (χ1) is 7.30. The number of nitro groups is 1. The molecule has 0 aromatic heterocycles. The molecule has 1 aromatic carbocycles. The van der Waals surface area contributed by atoms with E-state index in [4.69, 9.17) is 4.74 Å². The molecule has 0 N–H and O–H groups in total. The molecule has 1 aromatic rings. The predicted molar refractivity (Wildman–Crippen MR) is 58.2 cm³/mol. The summed E-state index contributed by atoms with van der Waals surface area (Å²) in [5, 5.41) is 10.4. The van der Waals surface area contributed by atoms with Gasteiger partial charge in [-0.25, -0.2) is 0 Å². The van der Waals surface area contributed by atoms with Gasteiger partial charge in [-0.15, -0.1) is 0 Å². The minimum Gasteiger partial charge on any atom is -0.426 e. The number of carbonyl (C=O) groups is 1. The summed E-state index contributed by atoms with van der Waals surface area (Å²) in [7, 11) is 0. The fourth-order valence-electron chi connectivity index (χ4n) is 0.896. The lowest BCUT2D eigenvalue weighted by atomic mass is 9.97. The van der Waals surface area contributed by atoms with Gasteiger partial charge in [0.05, 0.1) is 10.3 Å². The molecule has 0 atom stereocenters. The molecule has 0 saturated heterocycles. The van der Waals surface area contributed by atoms with Gasteiger partial charge >= 0.3 is 5.97 Å². The Morgan fingerprint density at radius 3 is 2.12 bits per heavy atom. The molecular weight excluding hydrogens is 210 g/mol. The van der Waals surface area contributed by atoms with Crippen molar-refractivity contribution in [2.75, 3.05) is 0 Å². The number of carbonyl (C=O) groups excluding carboxylic acids is 1. The van der Waals surface area contributed by atoms with E-state index in [0.29, 0.717) is 5.75 Å². The Labute approximate surface area is 93.2 Å². The van der Waals surface area contributed by atoms with Gasteiger partial charge in [-0.1, -0.05) is 0 Å². The van der Waals surface area contributed by atoms with Crippen molar-refractivity contribution in [2.24, 2.45) is 5.41 Å². The highest BCUT2D eigenvalue weighted by Crippen LogP contribution is 2.21. The topological polar surface area (TPSA) is 69.4 Å². The SMILES string of the molecule is CC(C)(C)C(=O)Oc1ccc([N+](=O)[O-])cc1. The second-order valence-electron chi connectivity index (χ2n) is 4.39. The number of hydrogen-bond donors (Lipinski definition) is 0. The Bertz CT molecular complexity index is 403. The van der Waals surface area contributed by atoms with Gasteiger partial charge in [0, 0.05) is 12.1 Å². The number of nitrogens with zero attached hydrogens (tertiary/aromatic N) is 1. The molecule has 0 spiro atoms. The zero-order valence-corrected chi connectivity index (χ0v) is 9.39. The Morgan fingerprint density at radius 1 is 1.25 bits per heavy atom. The van der Waals surface area contributed by atoms with E-state index in [1.165, 1.54) is 24.3 Å². The molecular formula is C11H13NO4. The van der Waals surface area contributed by atoms with E-state index in [2.05, 4.69) is 0 Å². The Balaban J connectivity index is 2.77. The van der Waals surface area contributed by atoms with E-state index in [-0.39, 0.29) is 11.7 Å². The first-order valence-corrected chi connectivity index (χ1v) is 4.77. The van der Waals surface area contributed by atoms with E-state index >= 15 is 0 Å². The lowest BCUT2D eigenvalue weighted by Crippen LogP contribution is -2.25. The van der Waals surface area contributed by atoms with E-state index < -0.39 is 10.3 Å². The molecule has 0 radical (unpaired) electrons. The fraction of sp³-hybridized carbons (Fsp3) is 0.364. The molecule has 0 amide bonds. The highest BCUT2D eigenvalue weighted by molar-refractivity contribution is 5.77. The van der Waals surface area contributed by atoms with E-state index in [0.717, 1.165) is 0 Å². The van der Waals surface area contributed by atoms with Crippen LogP contribution in [0.5, 0.6) is 5.75 Å². The average Bonchev–Trinajstić information content (AvgIpc) is 2.17. The van der Waals surface area contributed by atoms with Crippen LogP contribution in [0.3, 0.4) is 0 Å². The number of ether oxygens (including phenoxy) is 1. The largest absolute Gasteiger partial charge is 0.426 e. The van der Waals surface area contributed by atoms with Crippen LogP contribution in [0.2, 0.25) is 0 Å². The zero-order valence-electron chi connectivity index (χ0n) is 9.39. The Hall–Kier alpha value is -1.91. The van der Waals surface area contributed by atoms with Gasteiger partial charge in [0.25, 0.3) is 5.69 Å². The third kappa shape index (κ3) is 3.05. The standard InChI is InChI=1S/C11H13NO4/c1-11(2,3)10(13)16-9-6-4-8(5-7-9)12(14)15/h4-7H,1-3H3. The minimum absolute atomic E-state index is 0.0319. The maximum atomic E-state index is 11.5. The van der Waals surface area contributed by atoms with Gasteiger partial charge in [-0.05, 0) is 32.9 Å². The van der Waals surface area contributed by atoms with Crippen molar-refractivity contribution in [3.63, 3.8) is 0 Å². The predicted octanol–water partition coefficient (Wildman–Crippen LogP) is 2.55. The van der Waals surface area contributed by atoms with Gasteiger partial charge < -0.3 is 4.74 Å². The second-order valence-corrected chi connectivity index (χ2v) is 4.39. The van der Waals surface area contributed by atoms with Gasteiger partial charge in [-0.3, -0.25) is 14.9 Å². The monoisotopic (exact) mass is 223 g/mol. The molecule has 0 aliphatic carbocycles. The molecule has 86 valence electrons. The molecule has 0 aliphatic rings. The number of nitro benzene ring substituents is 1. The highest BCUT2D eigenvalue weighted by Gasteiger charge is 2.23. The fourth-order valence-corrected chi connectivity index (χ4v) is 0.896. The third-order valence-corrected chi connectivity index (χ3v) is 1.87. The van der Waals surface area contributed by atoms with Gasteiger partial charge in [0.2, 0.25) is 0 Å². The van der Waals surface area contributed by atoms with Crippen molar-refractivity contribution < 1.29 is 14.5 Å². The van der Waals surface area contributed by atoms with E-state index in [9.17, 15) is 14.9 Å². The van der Waals surface area contributed by atoms with Crippen LogP contribution in [-0.4, -0.2) is 10.9 Å². The van der Waals surface area contributed by atoms with Crippen molar-refractivity contribution >= 4 is 11.7 Å². The van der Waals surface area contributed by atoms with Crippen molar-refractivity contribution in [3.8, 4) is 5.75 Å². The van der Waals surface area contributed by atoms with E-state index in [1.54, 1.807) is 20.8 Å². The molecule has 0 fully saturated rings. The summed E-state index contributed by atoms with van der Waals surface area (Å²) >= 11 is 0. The zero-order chi connectivity index (χ0) is 12.3. The first-order valence-electron chi connectivity index (χ1n) is 4.77. The van der Waals surface area contributed by atoms with Gasteiger partial charge in [-0.2, -0.15) is 0 Å². The summed E-state index contributed by atoms with van der Waals surface area (Å²) in [6, 6.07) is 5.40. The molecule has 5 nitrogen and oxygen atoms in total. The molecule has 0 saturated carbocycles. The number of benzene rings is 1. The lowest BCUT2D eigenvalue weighted by molar-refractivity contribution is -0.384. The molecule has 1 rings (SSSR count). The normalized spacial score (nSPS) is 10.9. The summed E-state index contributed by atoms with van der Waals surface area (Å²) in [6.07, 6.45) is 0. The summed E-state index contributed by atoms with van der Waals surface area (Å²) < 4.78 is 5.05. The van der Waals surface area contributed by atoms with Crippen LogP contribution in [0.4, 0.5) is 5.69 Å². The number of rotatable bonds is 2. The molecule has 0 unspecified atom stereocenters. The molecule has 0 heterocycles. The summed E-state index contributed by atoms with van der Waals surface area (Å²) in [4.78, 5) is 21.4. The molecule has 16 heavy (non-hydrogen) atoms. The van der Waals surface area contributed by atoms with Gasteiger partial charge in [0.1, 0.15) is 5.75 Å². The Morgan fingerprint density at radius 2 is 1.75 bits per heavy atom. The minimum atomic E-state index is -0.595. The van der Waals surface area contributed by atoms with Crippen LogP contribution in [0.25, 0.3) is 0 Å². The van der Waals surface area contributed by atoms with Crippen LogP contribution < -0.4 is 4.74 Å². The van der Waals surface area contributed by atoms with Crippen LogP contribution >= 0.6 is 0 Å². The molecule has 5 heteroatoms. The second kappa shape index (κ2) is 4.30. The summed E-state index contributed by atoms with van der Waals surface area (Å²) in [5.41, 5.74) is -0.627. The van der Waals surface area contributed by atoms with Crippen molar-refractivity contribution in [3.05, 3.63) is 34.4 Å². The van der Waals surface area contributed by atoms with Crippen LogP contribution in [0.15, 0.2) is 24.3 Å². The highest BCUT2D eigenvalue weighted by atomic mass is 16.6. The maximum absolute atomic E-state index is 11.5. The quantitative estimate of drug-likeness (QED) is 0.334. The first kappa shape index (κ1) is 12.2. The van der Waals surface area contributed by atoms with Crippen molar-refractivity contribution in [1.29, 1.82) is 0 Å². The van der Waals surface area contributed by atoms with Crippen LogP contribution in [-0.2, 0) is 4.79 Å². The smallest absolute Gasteiger partial charge is 0.316 e. The Kier molecular flexibility index (Phi) is 3.27. The summed E-state index contributed by atoms with van der Waals surface area (Å²) in [6.45, 7) is 5.21. The number of esters is 1. The lowest BCUT2D eigenvalue weighted by Gasteiger charge is -2.15. The number of hydrogen-bond acceptors (Lipinski definition) is 4. The van der Waals surface area contributed by atoms with Crippen LogP contribution in [0.1, 0.15) is 20.8 Å². The maximum Gasteiger partial charge on any atom is 0.316 e. The summed E-state index contributed by atoms with van der Waals surface area (Å²) in [5.74, 6) is -0.0631. The number of non-ortho nitro benzene ring substituents is 1. The van der Waals surface area contributed by atoms with Gasteiger partial charge in [0.15, 0.2) is 0 Å². The van der Waals surface area contributed by atoms with Crippen LogP contribution in [0, 0.1) is 15.5 Å². The van der Waals surface area contributed by atoms with Crippen molar-refractivity contribution in [2.45, 2.75) is 20.8 Å². The molecule has 0 bridgehead atoms. The third-order valence-electron chi connectivity index (χ3n) is 1.87.